The monoisotopic (exact) mass is 322 g/mol. The van der Waals surface area contributed by atoms with E-state index in [2.05, 4.69) is 65.6 Å². The van der Waals surface area contributed by atoms with Crippen LogP contribution in [0.15, 0.2) is 60.7 Å². The number of piperidine rings is 1. The third kappa shape index (κ3) is 3.88. The zero-order valence-electron chi connectivity index (χ0n) is 14.7. The van der Waals surface area contributed by atoms with Crippen molar-refractivity contribution in [3.8, 4) is 0 Å². The van der Waals surface area contributed by atoms with Gasteiger partial charge < -0.3 is 10.6 Å². The molecular formula is C22H30N2. The minimum atomic E-state index is -0.0711. The fourth-order valence-electron chi connectivity index (χ4n) is 4.09. The molecule has 1 saturated heterocycles. The van der Waals surface area contributed by atoms with Gasteiger partial charge in [0.2, 0.25) is 0 Å². The van der Waals surface area contributed by atoms with Crippen molar-refractivity contribution in [2.75, 3.05) is 26.2 Å². The average Bonchev–Trinajstić information content (AvgIpc) is 2.68. The van der Waals surface area contributed by atoms with Crippen molar-refractivity contribution in [2.24, 2.45) is 5.73 Å². The van der Waals surface area contributed by atoms with Gasteiger partial charge in [0.1, 0.15) is 0 Å². The molecule has 2 aromatic carbocycles. The molecule has 3 rings (SSSR count). The Balaban J connectivity index is 1.79. The molecule has 0 radical (unpaired) electrons. The van der Waals surface area contributed by atoms with E-state index in [-0.39, 0.29) is 5.41 Å². The number of benzene rings is 2. The van der Waals surface area contributed by atoms with Crippen LogP contribution in [0.25, 0.3) is 0 Å². The summed E-state index contributed by atoms with van der Waals surface area (Å²) >= 11 is 0. The van der Waals surface area contributed by atoms with E-state index < -0.39 is 0 Å². The summed E-state index contributed by atoms with van der Waals surface area (Å²) < 4.78 is 0. The highest BCUT2D eigenvalue weighted by atomic mass is 15.1. The van der Waals surface area contributed by atoms with Gasteiger partial charge in [0.15, 0.2) is 0 Å². The van der Waals surface area contributed by atoms with Crippen LogP contribution in [0.5, 0.6) is 0 Å². The molecule has 1 aliphatic heterocycles. The molecule has 2 heteroatoms. The SMILES string of the molecule is NCC(CCCN1CCCCC1)(c1ccccc1)c1ccccc1. The van der Waals surface area contributed by atoms with E-state index >= 15 is 0 Å². The maximum atomic E-state index is 6.38. The molecule has 0 amide bonds. The Labute approximate surface area is 146 Å². The van der Waals surface area contributed by atoms with Gasteiger partial charge in [-0.05, 0) is 56.4 Å². The first-order valence-electron chi connectivity index (χ1n) is 9.39. The van der Waals surface area contributed by atoms with E-state index in [4.69, 9.17) is 5.73 Å². The molecule has 0 aromatic heterocycles. The predicted octanol–water partition coefficient (Wildman–Crippen LogP) is 4.20. The Kier molecular flexibility index (Phi) is 6.06. The molecule has 0 unspecified atom stereocenters. The lowest BCUT2D eigenvalue weighted by Crippen LogP contribution is -2.38. The number of nitrogens with zero attached hydrogens (tertiary/aromatic N) is 1. The average molecular weight is 322 g/mol. The Hall–Kier alpha value is -1.64. The maximum absolute atomic E-state index is 6.38. The lowest BCUT2D eigenvalue weighted by atomic mass is 9.71. The minimum absolute atomic E-state index is 0.0711. The van der Waals surface area contributed by atoms with Crippen molar-refractivity contribution in [3.63, 3.8) is 0 Å². The van der Waals surface area contributed by atoms with E-state index in [0.29, 0.717) is 6.54 Å². The van der Waals surface area contributed by atoms with Crippen LogP contribution in [-0.2, 0) is 5.41 Å². The molecule has 1 fully saturated rings. The maximum Gasteiger partial charge on any atom is 0.0325 e. The Morgan fingerprint density at radius 2 is 1.33 bits per heavy atom. The van der Waals surface area contributed by atoms with Crippen LogP contribution in [0.4, 0.5) is 0 Å². The Morgan fingerprint density at radius 1 is 0.792 bits per heavy atom. The van der Waals surface area contributed by atoms with E-state index in [0.717, 1.165) is 6.42 Å². The zero-order valence-corrected chi connectivity index (χ0v) is 14.7. The fourth-order valence-corrected chi connectivity index (χ4v) is 4.09. The number of likely N-dealkylation sites (tertiary alicyclic amines) is 1. The zero-order chi connectivity index (χ0) is 16.7. The van der Waals surface area contributed by atoms with Crippen LogP contribution < -0.4 is 5.73 Å². The molecule has 0 bridgehead atoms. The summed E-state index contributed by atoms with van der Waals surface area (Å²) in [6.45, 7) is 4.39. The molecule has 24 heavy (non-hydrogen) atoms. The van der Waals surface area contributed by atoms with Crippen molar-refractivity contribution >= 4 is 0 Å². The van der Waals surface area contributed by atoms with E-state index in [1.165, 1.54) is 56.4 Å². The van der Waals surface area contributed by atoms with E-state index in [1.807, 2.05) is 0 Å². The lowest BCUT2D eigenvalue weighted by molar-refractivity contribution is 0.219. The highest BCUT2D eigenvalue weighted by Gasteiger charge is 2.32. The first-order chi connectivity index (χ1) is 11.8. The summed E-state index contributed by atoms with van der Waals surface area (Å²) in [6.07, 6.45) is 6.42. The second-order valence-electron chi connectivity index (χ2n) is 7.02. The molecule has 128 valence electrons. The topological polar surface area (TPSA) is 29.3 Å². The largest absolute Gasteiger partial charge is 0.329 e. The number of hydrogen-bond donors (Lipinski definition) is 1. The second-order valence-corrected chi connectivity index (χ2v) is 7.02. The number of hydrogen-bond acceptors (Lipinski definition) is 2. The first kappa shape index (κ1) is 17.2. The molecule has 0 saturated carbocycles. The number of rotatable bonds is 7. The van der Waals surface area contributed by atoms with Crippen LogP contribution in [0.1, 0.15) is 43.2 Å². The van der Waals surface area contributed by atoms with Crippen LogP contribution in [-0.4, -0.2) is 31.1 Å². The third-order valence-corrected chi connectivity index (χ3v) is 5.53. The summed E-state index contributed by atoms with van der Waals surface area (Å²) in [7, 11) is 0. The van der Waals surface area contributed by atoms with Gasteiger partial charge in [0.25, 0.3) is 0 Å². The van der Waals surface area contributed by atoms with Crippen molar-refractivity contribution < 1.29 is 0 Å². The smallest absolute Gasteiger partial charge is 0.0325 e. The molecule has 2 aromatic rings. The van der Waals surface area contributed by atoms with Gasteiger partial charge in [-0.1, -0.05) is 67.1 Å². The van der Waals surface area contributed by atoms with Crippen molar-refractivity contribution in [1.29, 1.82) is 0 Å². The Bertz CT molecular complexity index is 548. The van der Waals surface area contributed by atoms with Crippen LogP contribution in [0.2, 0.25) is 0 Å². The molecular weight excluding hydrogens is 292 g/mol. The van der Waals surface area contributed by atoms with Gasteiger partial charge in [0, 0.05) is 12.0 Å². The van der Waals surface area contributed by atoms with Gasteiger partial charge in [-0.25, -0.2) is 0 Å². The summed E-state index contributed by atoms with van der Waals surface area (Å²) in [6, 6.07) is 21.7. The van der Waals surface area contributed by atoms with Gasteiger partial charge in [-0.2, -0.15) is 0 Å². The molecule has 0 aliphatic carbocycles. The van der Waals surface area contributed by atoms with Gasteiger partial charge >= 0.3 is 0 Å². The summed E-state index contributed by atoms with van der Waals surface area (Å²) in [5.41, 5.74) is 9.00. The quantitative estimate of drug-likeness (QED) is 0.828. The van der Waals surface area contributed by atoms with Crippen molar-refractivity contribution in [1.82, 2.24) is 4.90 Å². The summed E-state index contributed by atoms with van der Waals surface area (Å²) in [5.74, 6) is 0. The standard InChI is InChI=1S/C22H30N2/c23-19-22(20-11-4-1-5-12-20,21-13-6-2-7-14-21)15-10-18-24-16-8-3-9-17-24/h1-2,4-7,11-14H,3,8-10,15-19,23H2. The first-order valence-corrected chi connectivity index (χ1v) is 9.39. The Morgan fingerprint density at radius 3 is 1.83 bits per heavy atom. The van der Waals surface area contributed by atoms with Crippen LogP contribution in [0, 0.1) is 0 Å². The minimum Gasteiger partial charge on any atom is -0.329 e. The van der Waals surface area contributed by atoms with E-state index in [9.17, 15) is 0 Å². The van der Waals surface area contributed by atoms with Gasteiger partial charge in [-0.15, -0.1) is 0 Å². The highest BCUT2D eigenvalue weighted by molar-refractivity contribution is 5.39. The molecule has 0 atom stereocenters. The second kappa shape index (κ2) is 8.46. The number of nitrogens with two attached hydrogens (primary N) is 1. The lowest BCUT2D eigenvalue weighted by Gasteiger charge is -2.35. The molecule has 2 N–H and O–H groups in total. The normalized spacial score (nSPS) is 16.2. The third-order valence-electron chi connectivity index (χ3n) is 5.53. The molecule has 2 nitrogen and oxygen atoms in total. The summed E-state index contributed by atoms with van der Waals surface area (Å²) in [4.78, 5) is 2.63. The van der Waals surface area contributed by atoms with Gasteiger partial charge in [-0.3, -0.25) is 0 Å². The fraction of sp³-hybridized carbons (Fsp3) is 0.455. The highest BCUT2D eigenvalue weighted by Crippen LogP contribution is 2.36. The van der Waals surface area contributed by atoms with Crippen molar-refractivity contribution in [2.45, 2.75) is 37.5 Å². The molecule has 0 spiro atoms. The molecule has 1 heterocycles. The molecule has 1 aliphatic rings. The van der Waals surface area contributed by atoms with Crippen LogP contribution in [0.3, 0.4) is 0 Å². The summed E-state index contributed by atoms with van der Waals surface area (Å²) in [5, 5.41) is 0. The van der Waals surface area contributed by atoms with E-state index in [1.54, 1.807) is 0 Å². The predicted molar refractivity (Wildman–Crippen MR) is 102 cm³/mol. The van der Waals surface area contributed by atoms with Gasteiger partial charge in [0.05, 0.1) is 0 Å². The van der Waals surface area contributed by atoms with Crippen molar-refractivity contribution in [3.05, 3.63) is 71.8 Å². The van der Waals surface area contributed by atoms with Crippen LogP contribution >= 0.6 is 0 Å².